The lowest BCUT2D eigenvalue weighted by Gasteiger charge is -2.34. The van der Waals surface area contributed by atoms with Crippen LogP contribution in [0.3, 0.4) is 0 Å². The normalized spacial score (nSPS) is 13.7. The van der Waals surface area contributed by atoms with Crippen molar-refractivity contribution in [2.45, 2.75) is 40.0 Å². The summed E-state index contributed by atoms with van der Waals surface area (Å²) in [4.78, 5) is 0. The van der Waals surface area contributed by atoms with Crippen LogP contribution in [0.25, 0.3) is 54.7 Å². The lowest BCUT2D eigenvalue weighted by atomic mass is 9.34. The largest absolute Gasteiger partial charge is 0.252 e. The molecule has 0 spiro atoms. The van der Waals surface area contributed by atoms with Crippen molar-refractivity contribution in [2.24, 2.45) is 0 Å². The van der Waals surface area contributed by atoms with E-state index in [4.69, 9.17) is 10.2 Å². The molecular formula is C34H27BN4. The molecule has 0 atom stereocenters. The van der Waals surface area contributed by atoms with E-state index in [0.717, 1.165) is 11.4 Å². The van der Waals surface area contributed by atoms with E-state index in [-0.39, 0.29) is 12.1 Å². The first kappa shape index (κ1) is 21.5. The van der Waals surface area contributed by atoms with Crippen LogP contribution in [0.15, 0.2) is 72.8 Å². The summed E-state index contributed by atoms with van der Waals surface area (Å²) in [5, 5.41) is 18.1. The van der Waals surface area contributed by atoms with Crippen LogP contribution in [-0.2, 0) is 5.41 Å². The third-order valence-electron chi connectivity index (χ3n) is 9.12. The first-order valence-corrected chi connectivity index (χ1v) is 13.8. The Kier molecular flexibility index (Phi) is 3.75. The maximum atomic E-state index is 5.22. The zero-order chi connectivity index (χ0) is 26.4. The van der Waals surface area contributed by atoms with Gasteiger partial charge in [-0.25, -0.2) is 9.36 Å². The van der Waals surface area contributed by atoms with Crippen molar-refractivity contribution in [2.75, 3.05) is 0 Å². The lowest BCUT2D eigenvalue weighted by Crippen LogP contribution is -2.59. The topological polar surface area (TPSA) is 35.6 Å². The summed E-state index contributed by atoms with van der Waals surface area (Å²) in [7, 11) is 0. The van der Waals surface area contributed by atoms with Gasteiger partial charge in [0.15, 0.2) is 0 Å². The Balaban J connectivity index is 1.56. The summed E-state index contributed by atoms with van der Waals surface area (Å²) in [5.41, 5.74) is 12.3. The van der Waals surface area contributed by atoms with E-state index in [1.54, 1.807) is 0 Å². The predicted octanol–water partition coefficient (Wildman–Crippen LogP) is 5.73. The molecule has 0 aliphatic carbocycles. The minimum Gasteiger partial charge on any atom is -0.234 e. The van der Waals surface area contributed by atoms with Crippen LogP contribution < -0.4 is 16.4 Å². The summed E-state index contributed by atoms with van der Waals surface area (Å²) in [5.74, 6) is 0. The fourth-order valence-electron chi connectivity index (χ4n) is 7.38. The van der Waals surface area contributed by atoms with E-state index >= 15 is 0 Å². The molecule has 0 radical (unpaired) electrons. The SMILES string of the molecule is Cc1nn2c3c(cc4ccccc4c13)B1c3c-2cc(C(C)(C)C)cc3-n2nc(C)c3c4ccccc4cc1c32. The second kappa shape index (κ2) is 6.79. The number of aryl methyl sites for hydroxylation is 2. The fraction of sp³-hybridized carbons (Fsp3) is 0.176. The molecule has 2 aromatic heterocycles. The quantitative estimate of drug-likeness (QED) is 0.249. The summed E-state index contributed by atoms with van der Waals surface area (Å²) in [6, 6.07) is 27.2. The Morgan fingerprint density at radius 2 is 1.10 bits per heavy atom. The molecule has 0 N–H and O–H groups in total. The van der Waals surface area contributed by atoms with Gasteiger partial charge in [-0.2, -0.15) is 10.2 Å². The van der Waals surface area contributed by atoms with E-state index in [2.05, 4.69) is 117 Å². The number of fused-ring (bicyclic) bond motifs is 8. The Morgan fingerprint density at radius 3 is 1.56 bits per heavy atom. The van der Waals surface area contributed by atoms with E-state index in [1.807, 2.05) is 0 Å². The van der Waals surface area contributed by atoms with Crippen LogP contribution >= 0.6 is 0 Å². The molecule has 9 rings (SSSR count). The zero-order valence-electron chi connectivity index (χ0n) is 22.8. The van der Waals surface area contributed by atoms with Crippen LogP contribution in [0.5, 0.6) is 0 Å². The second-order valence-electron chi connectivity index (χ2n) is 12.4. The molecule has 4 heterocycles. The second-order valence-corrected chi connectivity index (χ2v) is 12.4. The number of benzene rings is 5. The number of nitrogens with zero attached hydrogens (tertiary/aromatic N) is 4. The van der Waals surface area contributed by atoms with Crippen molar-refractivity contribution >= 4 is 66.5 Å². The van der Waals surface area contributed by atoms with E-state index < -0.39 is 0 Å². The third kappa shape index (κ3) is 2.52. The van der Waals surface area contributed by atoms with E-state index in [0.29, 0.717) is 0 Å². The number of hydrogen-bond acceptors (Lipinski definition) is 2. The molecule has 7 aromatic rings. The number of hydrogen-bond donors (Lipinski definition) is 0. The van der Waals surface area contributed by atoms with Gasteiger partial charge in [-0.3, -0.25) is 0 Å². The Labute approximate surface area is 226 Å². The van der Waals surface area contributed by atoms with Gasteiger partial charge < -0.3 is 0 Å². The monoisotopic (exact) mass is 502 g/mol. The van der Waals surface area contributed by atoms with Crippen molar-refractivity contribution in [3.8, 4) is 11.4 Å². The molecule has 4 nitrogen and oxygen atoms in total. The van der Waals surface area contributed by atoms with Gasteiger partial charge in [-0.05, 0) is 74.9 Å². The molecule has 39 heavy (non-hydrogen) atoms. The minimum atomic E-state index is -0.0169. The highest BCUT2D eigenvalue weighted by Gasteiger charge is 2.42. The molecule has 0 fully saturated rings. The van der Waals surface area contributed by atoms with Gasteiger partial charge >= 0.3 is 0 Å². The van der Waals surface area contributed by atoms with Crippen LogP contribution in [0, 0.1) is 13.8 Å². The highest BCUT2D eigenvalue weighted by atomic mass is 15.3. The summed E-state index contributed by atoms with van der Waals surface area (Å²) < 4.78 is 4.47. The smallest absolute Gasteiger partial charge is 0.234 e. The van der Waals surface area contributed by atoms with E-state index in [9.17, 15) is 0 Å². The van der Waals surface area contributed by atoms with Crippen LogP contribution in [0.2, 0.25) is 0 Å². The zero-order valence-corrected chi connectivity index (χ0v) is 22.8. The Bertz CT molecular complexity index is 2090. The fourth-order valence-corrected chi connectivity index (χ4v) is 7.38. The van der Waals surface area contributed by atoms with Gasteiger partial charge in [0, 0.05) is 10.8 Å². The molecule has 2 aliphatic rings. The van der Waals surface area contributed by atoms with Gasteiger partial charge in [0.25, 0.3) is 6.71 Å². The van der Waals surface area contributed by atoms with Gasteiger partial charge in [-0.15, -0.1) is 0 Å². The Hall–Kier alpha value is -4.38. The molecule has 0 unspecified atom stereocenters. The maximum absolute atomic E-state index is 5.22. The standard InChI is InChI=1S/C34H27BN4/c1-18-29-23-12-8-6-10-20(23)14-25-32(29)38(36-18)27-16-22(34(3,4)5)17-28-31(27)35(25)26-15-21-11-7-9-13-24(21)30-19(2)37-39(28)33(26)30/h6-17H,1-5H3. The van der Waals surface area contributed by atoms with Crippen molar-refractivity contribution in [3.05, 3.63) is 89.7 Å². The van der Waals surface area contributed by atoms with Crippen molar-refractivity contribution in [1.82, 2.24) is 19.6 Å². The summed E-state index contributed by atoms with van der Waals surface area (Å²) in [6.07, 6.45) is 0. The van der Waals surface area contributed by atoms with Crippen molar-refractivity contribution in [1.29, 1.82) is 0 Å². The van der Waals surface area contributed by atoms with Gasteiger partial charge in [0.05, 0.1) is 33.8 Å². The molecule has 0 saturated carbocycles. The lowest BCUT2D eigenvalue weighted by molar-refractivity contribution is 0.589. The highest BCUT2D eigenvalue weighted by molar-refractivity contribution is 7.00. The minimum absolute atomic E-state index is 0.0169. The Morgan fingerprint density at radius 1 is 0.641 bits per heavy atom. The molecule has 5 aromatic carbocycles. The third-order valence-corrected chi connectivity index (χ3v) is 9.12. The maximum Gasteiger partial charge on any atom is 0.252 e. The molecule has 5 heteroatoms. The van der Waals surface area contributed by atoms with Crippen molar-refractivity contribution in [3.63, 3.8) is 0 Å². The van der Waals surface area contributed by atoms with E-state index in [1.165, 1.54) is 76.7 Å². The first-order valence-electron chi connectivity index (χ1n) is 13.8. The molecule has 0 amide bonds. The summed E-state index contributed by atoms with van der Waals surface area (Å²) >= 11 is 0. The van der Waals surface area contributed by atoms with Crippen LogP contribution in [-0.4, -0.2) is 26.3 Å². The molecule has 186 valence electrons. The molecule has 0 bridgehead atoms. The molecular weight excluding hydrogens is 475 g/mol. The predicted molar refractivity (Wildman–Crippen MR) is 164 cm³/mol. The number of aromatic nitrogens is 4. The van der Waals surface area contributed by atoms with Gasteiger partial charge in [0.2, 0.25) is 0 Å². The van der Waals surface area contributed by atoms with Crippen LogP contribution in [0.1, 0.15) is 37.7 Å². The van der Waals surface area contributed by atoms with Gasteiger partial charge in [0.1, 0.15) is 0 Å². The first-order chi connectivity index (χ1) is 18.8. The molecule has 0 saturated heterocycles. The molecule has 2 aliphatic heterocycles. The average Bonchev–Trinajstić information content (AvgIpc) is 3.46. The average molecular weight is 502 g/mol. The van der Waals surface area contributed by atoms with Gasteiger partial charge in [-0.1, -0.05) is 81.4 Å². The highest BCUT2D eigenvalue weighted by Crippen LogP contribution is 2.38. The van der Waals surface area contributed by atoms with Crippen LogP contribution in [0.4, 0.5) is 0 Å². The number of rotatable bonds is 0. The summed E-state index contributed by atoms with van der Waals surface area (Å²) in [6.45, 7) is 11.3. The van der Waals surface area contributed by atoms with Crippen molar-refractivity contribution < 1.29 is 0 Å².